The highest BCUT2D eigenvalue weighted by Gasteiger charge is 2.30. The van der Waals surface area contributed by atoms with Crippen molar-refractivity contribution in [3.63, 3.8) is 0 Å². The van der Waals surface area contributed by atoms with Crippen molar-refractivity contribution in [1.82, 2.24) is 14.7 Å². The van der Waals surface area contributed by atoms with Gasteiger partial charge in [-0.3, -0.25) is 4.79 Å². The van der Waals surface area contributed by atoms with Crippen LogP contribution in [0.4, 0.5) is 0 Å². The van der Waals surface area contributed by atoms with Gasteiger partial charge in [-0.1, -0.05) is 24.6 Å². The van der Waals surface area contributed by atoms with Gasteiger partial charge in [0.25, 0.3) is 5.91 Å². The molecule has 1 aromatic heterocycles. The topological polar surface area (TPSA) is 58.4 Å². The lowest BCUT2D eigenvalue weighted by Crippen LogP contribution is -2.42. The van der Waals surface area contributed by atoms with Crippen LogP contribution in [0.25, 0.3) is 5.69 Å². The van der Waals surface area contributed by atoms with E-state index in [4.69, 9.17) is 5.10 Å². The minimum Gasteiger partial charge on any atom is -0.391 e. The molecule has 2 aromatic rings. The number of amides is 1. The molecule has 1 aliphatic heterocycles. The zero-order chi connectivity index (χ0) is 17.2. The summed E-state index contributed by atoms with van der Waals surface area (Å²) in [5.41, 5.74) is 3.91. The summed E-state index contributed by atoms with van der Waals surface area (Å²) in [5, 5.41) is 14.7. The normalized spacial score (nSPS) is 20.8. The third kappa shape index (κ3) is 3.21. The summed E-state index contributed by atoms with van der Waals surface area (Å²) in [4.78, 5) is 14.9. The van der Waals surface area contributed by atoms with Crippen LogP contribution in [0.5, 0.6) is 0 Å². The first-order valence-corrected chi connectivity index (χ1v) is 9.37. The number of hydrogen-bond donors (Lipinski definition) is 1. The molecule has 2 aliphatic rings. The molecular weight excluding hydrogens is 314 g/mol. The van der Waals surface area contributed by atoms with Crippen LogP contribution >= 0.6 is 0 Å². The number of para-hydroxylation sites is 1. The molecule has 4 rings (SSSR count). The standard InChI is InChI=1S/C20H25N3O2/c24-16-10-7-13-22(14-16)20(25)19-17-11-5-2-6-12-18(17)23(21-19)15-8-3-1-4-9-15/h1,3-4,8-9,16,24H,2,5-7,10-14H2. The summed E-state index contributed by atoms with van der Waals surface area (Å²) in [6, 6.07) is 10.1. The summed E-state index contributed by atoms with van der Waals surface area (Å²) >= 11 is 0. The second-order valence-corrected chi connectivity index (χ2v) is 7.13. The summed E-state index contributed by atoms with van der Waals surface area (Å²) in [6.45, 7) is 1.13. The second-order valence-electron chi connectivity index (χ2n) is 7.13. The number of benzene rings is 1. The van der Waals surface area contributed by atoms with Crippen molar-refractivity contribution in [2.24, 2.45) is 0 Å². The SMILES string of the molecule is O=C(c1nn(-c2ccccc2)c2c1CCCCC2)N1CCCC(O)C1. The summed E-state index contributed by atoms with van der Waals surface area (Å²) in [6.07, 6.45) is 6.55. The third-order valence-electron chi connectivity index (χ3n) is 5.32. The Morgan fingerprint density at radius 1 is 1.08 bits per heavy atom. The fourth-order valence-corrected chi connectivity index (χ4v) is 4.02. The Morgan fingerprint density at radius 2 is 1.88 bits per heavy atom. The largest absolute Gasteiger partial charge is 0.391 e. The number of fused-ring (bicyclic) bond motifs is 1. The van der Waals surface area contributed by atoms with Crippen LogP contribution in [0.3, 0.4) is 0 Å². The summed E-state index contributed by atoms with van der Waals surface area (Å²) in [5.74, 6) is -0.0217. The average molecular weight is 339 g/mol. The summed E-state index contributed by atoms with van der Waals surface area (Å²) in [7, 11) is 0. The number of nitrogens with zero attached hydrogens (tertiary/aromatic N) is 3. The second kappa shape index (κ2) is 7.00. The molecule has 132 valence electrons. The van der Waals surface area contributed by atoms with Crippen LogP contribution in [-0.4, -0.2) is 44.9 Å². The lowest BCUT2D eigenvalue weighted by molar-refractivity contribution is 0.0467. The molecule has 1 saturated heterocycles. The minimum absolute atomic E-state index is 0.0217. The van der Waals surface area contributed by atoms with Crippen LogP contribution in [0.2, 0.25) is 0 Å². The number of carbonyl (C=O) groups is 1. The molecule has 1 N–H and O–H groups in total. The molecule has 25 heavy (non-hydrogen) atoms. The van der Waals surface area contributed by atoms with Crippen molar-refractivity contribution < 1.29 is 9.90 Å². The van der Waals surface area contributed by atoms with Crippen LogP contribution < -0.4 is 0 Å². The van der Waals surface area contributed by atoms with Gasteiger partial charge in [-0.05, 0) is 50.7 Å². The van der Waals surface area contributed by atoms with E-state index in [-0.39, 0.29) is 5.91 Å². The number of β-amino-alcohol motifs (C(OH)–C–C–N with tert-alkyl or cyclic N) is 1. The molecule has 1 aromatic carbocycles. The molecule has 5 heteroatoms. The zero-order valence-electron chi connectivity index (χ0n) is 14.5. The van der Waals surface area contributed by atoms with Gasteiger partial charge in [0.2, 0.25) is 0 Å². The average Bonchev–Trinajstić information content (AvgIpc) is 2.83. The molecule has 1 fully saturated rings. The number of likely N-dealkylation sites (tertiary alicyclic amines) is 1. The smallest absolute Gasteiger partial charge is 0.274 e. The molecule has 0 bridgehead atoms. The van der Waals surface area contributed by atoms with E-state index in [1.54, 1.807) is 4.90 Å². The number of aromatic nitrogens is 2. The Balaban J connectivity index is 1.74. The van der Waals surface area contributed by atoms with E-state index in [2.05, 4.69) is 0 Å². The van der Waals surface area contributed by atoms with Gasteiger partial charge >= 0.3 is 0 Å². The van der Waals surface area contributed by atoms with E-state index in [0.717, 1.165) is 49.8 Å². The molecule has 1 unspecified atom stereocenters. The van der Waals surface area contributed by atoms with Gasteiger partial charge in [0.15, 0.2) is 5.69 Å². The Hall–Kier alpha value is -2.14. The number of hydrogen-bond acceptors (Lipinski definition) is 3. The molecule has 0 radical (unpaired) electrons. The number of carbonyl (C=O) groups excluding carboxylic acids is 1. The molecule has 5 nitrogen and oxygen atoms in total. The van der Waals surface area contributed by atoms with E-state index in [1.165, 1.54) is 12.1 Å². The fraction of sp³-hybridized carbons (Fsp3) is 0.500. The Bertz CT molecular complexity index is 754. The quantitative estimate of drug-likeness (QED) is 0.856. The van der Waals surface area contributed by atoms with E-state index in [0.29, 0.717) is 18.8 Å². The van der Waals surface area contributed by atoms with Crippen molar-refractivity contribution in [2.45, 2.75) is 51.0 Å². The number of aliphatic hydroxyl groups is 1. The fourth-order valence-electron chi connectivity index (χ4n) is 4.02. The van der Waals surface area contributed by atoms with Crippen LogP contribution in [0, 0.1) is 0 Å². The van der Waals surface area contributed by atoms with Crippen LogP contribution in [-0.2, 0) is 12.8 Å². The molecule has 0 saturated carbocycles. The highest BCUT2D eigenvalue weighted by molar-refractivity contribution is 5.94. The monoisotopic (exact) mass is 339 g/mol. The molecule has 1 atom stereocenters. The Morgan fingerprint density at radius 3 is 2.68 bits per heavy atom. The first kappa shape index (κ1) is 16.3. The molecule has 1 aliphatic carbocycles. The van der Waals surface area contributed by atoms with E-state index in [9.17, 15) is 9.90 Å². The van der Waals surface area contributed by atoms with Gasteiger partial charge in [0, 0.05) is 24.3 Å². The van der Waals surface area contributed by atoms with Gasteiger partial charge < -0.3 is 10.0 Å². The van der Waals surface area contributed by atoms with Gasteiger partial charge in [0.1, 0.15) is 0 Å². The van der Waals surface area contributed by atoms with E-state index in [1.807, 2.05) is 35.0 Å². The van der Waals surface area contributed by atoms with Gasteiger partial charge in [-0.25, -0.2) is 4.68 Å². The first-order chi connectivity index (χ1) is 12.2. The maximum Gasteiger partial charge on any atom is 0.274 e. The van der Waals surface area contributed by atoms with Crippen molar-refractivity contribution in [1.29, 1.82) is 0 Å². The lowest BCUT2D eigenvalue weighted by atomic mass is 10.0. The molecule has 2 heterocycles. The van der Waals surface area contributed by atoms with E-state index < -0.39 is 6.10 Å². The molecule has 1 amide bonds. The highest BCUT2D eigenvalue weighted by atomic mass is 16.3. The van der Waals surface area contributed by atoms with Gasteiger partial charge in [-0.15, -0.1) is 0 Å². The Kier molecular flexibility index (Phi) is 4.57. The van der Waals surface area contributed by atoms with Crippen LogP contribution in [0.1, 0.15) is 53.8 Å². The minimum atomic E-state index is -0.410. The van der Waals surface area contributed by atoms with Crippen molar-refractivity contribution >= 4 is 5.91 Å². The predicted octanol–water partition coefficient (Wildman–Crippen LogP) is 2.74. The van der Waals surface area contributed by atoms with Gasteiger partial charge in [-0.2, -0.15) is 5.10 Å². The molecular formula is C20H25N3O2. The number of aliphatic hydroxyl groups excluding tert-OH is 1. The molecule has 0 spiro atoms. The highest BCUT2D eigenvalue weighted by Crippen LogP contribution is 2.27. The predicted molar refractivity (Wildman–Crippen MR) is 96.0 cm³/mol. The Labute approximate surface area is 148 Å². The van der Waals surface area contributed by atoms with Crippen molar-refractivity contribution in [3.05, 3.63) is 47.3 Å². The third-order valence-corrected chi connectivity index (χ3v) is 5.32. The lowest BCUT2D eigenvalue weighted by Gasteiger charge is -2.29. The maximum atomic E-state index is 13.1. The van der Waals surface area contributed by atoms with Crippen molar-refractivity contribution in [2.75, 3.05) is 13.1 Å². The number of piperidine rings is 1. The number of rotatable bonds is 2. The van der Waals surface area contributed by atoms with Crippen LogP contribution in [0.15, 0.2) is 30.3 Å². The zero-order valence-corrected chi connectivity index (χ0v) is 14.5. The van der Waals surface area contributed by atoms with Crippen molar-refractivity contribution in [3.8, 4) is 5.69 Å². The summed E-state index contributed by atoms with van der Waals surface area (Å²) < 4.78 is 1.97. The maximum absolute atomic E-state index is 13.1. The van der Waals surface area contributed by atoms with E-state index >= 15 is 0 Å². The van der Waals surface area contributed by atoms with Gasteiger partial charge in [0.05, 0.1) is 11.8 Å². The first-order valence-electron chi connectivity index (χ1n) is 9.37.